The molecule has 0 amide bonds. The first-order valence-electron chi connectivity index (χ1n) is 13.1. The molecule has 3 fully saturated rings. The lowest BCUT2D eigenvalue weighted by Gasteiger charge is -2.47. The average Bonchev–Trinajstić information content (AvgIpc) is 3.33. The van der Waals surface area contributed by atoms with Crippen molar-refractivity contribution in [3.63, 3.8) is 0 Å². The maximum absolute atomic E-state index is 14.7. The quantitative estimate of drug-likeness (QED) is 0.453. The lowest BCUT2D eigenvalue weighted by Crippen LogP contribution is -2.55. The molecule has 8 nitrogen and oxygen atoms in total. The molecule has 3 aliphatic heterocycles. The van der Waals surface area contributed by atoms with Crippen molar-refractivity contribution < 1.29 is 22.6 Å². The summed E-state index contributed by atoms with van der Waals surface area (Å²) >= 11 is 0. The van der Waals surface area contributed by atoms with Crippen molar-refractivity contribution in [2.45, 2.75) is 82.7 Å². The first kappa shape index (κ1) is 25.8. The van der Waals surface area contributed by atoms with Gasteiger partial charge in [-0.2, -0.15) is 13.8 Å². The van der Waals surface area contributed by atoms with E-state index in [1.54, 1.807) is 12.1 Å². The third kappa shape index (κ3) is 6.20. The number of piperidine rings is 2. The Bertz CT molecular complexity index is 1080. The molecule has 0 bridgehead atoms. The molecule has 0 saturated carbocycles. The fraction of sp³-hybridized carbons (Fsp3) is 0.615. The number of anilines is 3. The van der Waals surface area contributed by atoms with Gasteiger partial charge in [0, 0.05) is 29.4 Å². The van der Waals surface area contributed by atoms with Crippen LogP contribution in [-0.2, 0) is 0 Å². The summed E-state index contributed by atoms with van der Waals surface area (Å²) in [6.07, 6.45) is 6.75. The molecule has 1 aromatic heterocycles. The molecular weight excluding hydrogens is 485 g/mol. The summed E-state index contributed by atoms with van der Waals surface area (Å²) in [4.78, 5) is 11.0. The van der Waals surface area contributed by atoms with Crippen LogP contribution in [-0.4, -0.2) is 64.8 Å². The molecule has 202 valence electrons. The number of rotatable bonds is 8. The third-order valence-corrected chi connectivity index (χ3v) is 7.54. The molecule has 0 spiro atoms. The zero-order valence-corrected chi connectivity index (χ0v) is 21.3. The van der Waals surface area contributed by atoms with Crippen LogP contribution in [0.4, 0.5) is 30.6 Å². The number of nitrogens with zero attached hydrogens (tertiary/aromatic N) is 3. The highest BCUT2D eigenvalue weighted by Crippen LogP contribution is 2.39. The smallest absolute Gasteiger partial charge is 0.387 e. The zero-order chi connectivity index (χ0) is 26.0. The van der Waals surface area contributed by atoms with Crippen LogP contribution in [0.1, 0.15) is 52.4 Å². The molecule has 3 aliphatic rings. The van der Waals surface area contributed by atoms with Gasteiger partial charge in [-0.25, -0.2) is 9.37 Å². The third-order valence-electron chi connectivity index (χ3n) is 7.54. The maximum atomic E-state index is 14.7. The van der Waals surface area contributed by atoms with Gasteiger partial charge in [-0.15, -0.1) is 0 Å². The molecule has 3 N–H and O–H groups in total. The first-order valence-corrected chi connectivity index (χ1v) is 13.1. The van der Waals surface area contributed by atoms with Crippen LogP contribution in [0.5, 0.6) is 11.5 Å². The van der Waals surface area contributed by atoms with Crippen molar-refractivity contribution in [2.24, 2.45) is 0 Å². The summed E-state index contributed by atoms with van der Waals surface area (Å²) in [5.41, 5.74) is 0.451. The summed E-state index contributed by atoms with van der Waals surface area (Å²) in [7, 11) is 0. The number of hydrogen-bond donors (Lipinski definition) is 3. The lowest BCUT2D eigenvalue weighted by atomic mass is 9.84. The molecule has 2 aromatic rings. The number of ether oxygens (including phenoxy) is 2. The van der Waals surface area contributed by atoms with Gasteiger partial charge in [0.05, 0.1) is 6.20 Å². The van der Waals surface area contributed by atoms with Crippen LogP contribution in [0.15, 0.2) is 24.4 Å². The van der Waals surface area contributed by atoms with Crippen molar-refractivity contribution >= 4 is 17.5 Å². The molecule has 2 unspecified atom stereocenters. The van der Waals surface area contributed by atoms with Gasteiger partial charge in [0.15, 0.2) is 23.1 Å². The van der Waals surface area contributed by atoms with Crippen LogP contribution >= 0.6 is 0 Å². The number of halogens is 3. The second-order valence-corrected chi connectivity index (χ2v) is 10.7. The van der Waals surface area contributed by atoms with Crippen molar-refractivity contribution in [3.8, 4) is 11.5 Å². The topological polar surface area (TPSA) is 83.6 Å². The second kappa shape index (κ2) is 10.9. The Morgan fingerprint density at radius 2 is 1.97 bits per heavy atom. The number of fused-ring (bicyclic) bond motifs is 1. The van der Waals surface area contributed by atoms with E-state index in [-0.39, 0.29) is 40.9 Å². The molecule has 11 heteroatoms. The number of nitrogens with one attached hydrogen (secondary N) is 3. The predicted molar refractivity (Wildman–Crippen MR) is 135 cm³/mol. The van der Waals surface area contributed by atoms with E-state index in [9.17, 15) is 13.2 Å². The first-order chi connectivity index (χ1) is 17.8. The Morgan fingerprint density at radius 3 is 2.76 bits per heavy atom. The van der Waals surface area contributed by atoms with Crippen LogP contribution in [0.25, 0.3) is 0 Å². The summed E-state index contributed by atoms with van der Waals surface area (Å²) in [6, 6.07) is 5.25. The highest BCUT2D eigenvalue weighted by atomic mass is 19.3. The van der Waals surface area contributed by atoms with E-state index < -0.39 is 12.4 Å². The zero-order valence-electron chi connectivity index (χ0n) is 21.3. The number of alkyl halides is 2. The van der Waals surface area contributed by atoms with Gasteiger partial charge in [-0.1, -0.05) is 0 Å². The number of aromatic nitrogens is 2. The van der Waals surface area contributed by atoms with Crippen molar-refractivity contribution in [1.29, 1.82) is 0 Å². The number of hydrogen-bond acceptors (Lipinski definition) is 8. The Kier molecular flexibility index (Phi) is 7.62. The van der Waals surface area contributed by atoms with E-state index in [4.69, 9.17) is 9.47 Å². The van der Waals surface area contributed by atoms with Crippen LogP contribution in [0.2, 0.25) is 0 Å². The minimum absolute atomic E-state index is 0.0285. The minimum Gasteiger partial charge on any atom is -0.486 e. The van der Waals surface area contributed by atoms with Gasteiger partial charge in [0.1, 0.15) is 6.10 Å². The van der Waals surface area contributed by atoms with E-state index in [0.717, 1.165) is 57.9 Å². The average molecular weight is 521 g/mol. The maximum Gasteiger partial charge on any atom is 0.387 e. The summed E-state index contributed by atoms with van der Waals surface area (Å²) < 4.78 is 51.5. The summed E-state index contributed by atoms with van der Waals surface area (Å²) in [5, 5.41) is 9.52. The lowest BCUT2D eigenvalue weighted by molar-refractivity contribution is -0.0522. The fourth-order valence-corrected chi connectivity index (χ4v) is 5.93. The van der Waals surface area contributed by atoms with Crippen molar-refractivity contribution in [2.75, 3.05) is 30.3 Å². The van der Waals surface area contributed by atoms with Gasteiger partial charge in [0.2, 0.25) is 5.95 Å². The van der Waals surface area contributed by atoms with Gasteiger partial charge in [0.25, 0.3) is 0 Å². The highest BCUT2D eigenvalue weighted by Gasteiger charge is 2.43. The Hall–Kier alpha value is -2.79. The van der Waals surface area contributed by atoms with Crippen LogP contribution < -0.4 is 25.4 Å². The molecular formula is C26H35F3N6O2. The van der Waals surface area contributed by atoms with E-state index in [0.29, 0.717) is 11.7 Å². The van der Waals surface area contributed by atoms with Crippen LogP contribution in [0, 0.1) is 5.82 Å². The molecule has 4 heterocycles. The minimum atomic E-state index is -3.00. The molecule has 5 rings (SSSR count). The van der Waals surface area contributed by atoms with Gasteiger partial charge in [-0.05, 0) is 84.1 Å². The predicted octanol–water partition coefficient (Wildman–Crippen LogP) is 4.91. The monoisotopic (exact) mass is 520 g/mol. The molecule has 0 aliphatic carbocycles. The van der Waals surface area contributed by atoms with E-state index >= 15 is 0 Å². The van der Waals surface area contributed by atoms with Crippen molar-refractivity contribution in [1.82, 2.24) is 20.2 Å². The Labute approximate surface area is 215 Å². The van der Waals surface area contributed by atoms with Gasteiger partial charge in [-0.3, -0.25) is 4.90 Å². The highest BCUT2D eigenvalue weighted by molar-refractivity contribution is 5.60. The summed E-state index contributed by atoms with van der Waals surface area (Å²) in [6.45, 7) is 4.20. The Balaban J connectivity index is 1.30. The second-order valence-electron chi connectivity index (χ2n) is 10.7. The molecule has 37 heavy (non-hydrogen) atoms. The molecule has 3 saturated heterocycles. The molecule has 0 radical (unpaired) electrons. The molecule has 1 aromatic carbocycles. The fourth-order valence-electron chi connectivity index (χ4n) is 5.93. The van der Waals surface area contributed by atoms with Gasteiger partial charge < -0.3 is 25.4 Å². The largest absolute Gasteiger partial charge is 0.486 e. The van der Waals surface area contributed by atoms with E-state index in [1.807, 2.05) is 0 Å². The normalized spacial score (nSPS) is 24.1. The number of benzene rings is 1. The Morgan fingerprint density at radius 1 is 1.16 bits per heavy atom. The standard InChI is InChI=1S/C26H35F3N6O2/c1-26(2)14-17(12-18-4-3-11-35(18)26)32-23-20(27)15-31-25(34-23)33-16-5-6-21(22(13-16)37-24(28)29)36-19-7-9-30-10-8-19/h5-6,13,15,17-19,24,30H,3-4,7-12,14H2,1-2H3,(H2,31,32,33,34). The molecule has 2 atom stereocenters. The van der Waals surface area contributed by atoms with Gasteiger partial charge >= 0.3 is 6.61 Å². The SMILES string of the molecule is CC1(C)CC(Nc2nc(Nc3ccc(OC4CCNCC4)c(OC(F)F)c3)ncc2F)CC2CCCN21. The van der Waals surface area contributed by atoms with E-state index in [1.165, 1.54) is 12.5 Å². The van der Waals surface area contributed by atoms with Crippen LogP contribution in [0.3, 0.4) is 0 Å². The van der Waals surface area contributed by atoms with E-state index in [2.05, 4.69) is 44.7 Å². The summed E-state index contributed by atoms with van der Waals surface area (Å²) in [5.74, 6) is -0.0913. The van der Waals surface area contributed by atoms with Crippen molar-refractivity contribution in [3.05, 3.63) is 30.2 Å².